The van der Waals surface area contributed by atoms with Crippen LogP contribution in [0, 0.1) is 0 Å². The largest absolute Gasteiger partial charge is 0.361 e. The van der Waals surface area contributed by atoms with Crippen LogP contribution >= 0.6 is 11.5 Å². The quantitative estimate of drug-likeness (QED) is 0.720. The van der Waals surface area contributed by atoms with Crippen molar-refractivity contribution in [2.24, 2.45) is 0 Å². The molecule has 1 aliphatic rings. The summed E-state index contributed by atoms with van der Waals surface area (Å²) >= 11 is 1.32. The summed E-state index contributed by atoms with van der Waals surface area (Å²) in [5, 5.41) is 4.81. The Morgan fingerprint density at radius 1 is 1.32 bits per heavy atom. The number of hydrogen-bond acceptors (Lipinski definition) is 5. The van der Waals surface area contributed by atoms with E-state index in [1.807, 2.05) is 18.2 Å². The van der Waals surface area contributed by atoms with Crippen molar-refractivity contribution in [3.63, 3.8) is 0 Å². The number of likely N-dealkylation sites (N-methyl/N-ethyl adjacent to an activating group) is 1. The second-order valence-electron chi connectivity index (χ2n) is 6.42. The first kappa shape index (κ1) is 16.1. The molecule has 0 N–H and O–H groups in total. The van der Waals surface area contributed by atoms with E-state index in [1.165, 1.54) is 15.5 Å². The monoisotopic (exact) mass is 357 g/mol. The first-order chi connectivity index (χ1) is 12.1. The van der Waals surface area contributed by atoms with Crippen LogP contribution in [0.4, 0.5) is 0 Å². The zero-order valence-corrected chi connectivity index (χ0v) is 14.8. The normalized spacial score (nSPS) is 13.8. The first-order valence-electron chi connectivity index (χ1n) is 8.42. The summed E-state index contributed by atoms with van der Waals surface area (Å²) in [6.07, 6.45) is 4.16. The molecule has 2 aromatic heterocycles. The van der Waals surface area contributed by atoms with Crippen molar-refractivity contribution >= 4 is 27.5 Å². The van der Waals surface area contributed by atoms with Gasteiger partial charge in [-0.1, -0.05) is 28.8 Å². The zero-order chi connectivity index (χ0) is 17.4. The van der Waals surface area contributed by atoms with Gasteiger partial charge in [0.1, 0.15) is 18.0 Å². The zero-order valence-electron chi connectivity index (χ0n) is 14.0. The van der Waals surface area contributed by atoms with Gasteiger partial charge < -0.3 is 9.42 Å². The Balaban J connectivity index is 1.49. The standard InChI is InChI=1S/C18H19N3O3S/c1-20(10-14-12-6-2-4-8-15(12)24-19-14)17(22)11-21-18(23)13-7-3-5-9-16(13)25-21/h3,5,7,9H,2,4,6,8,10-11H2,1H3. The number of aromatic nitrogens is 2. The molecule has 1 aliphatic carbocycles. The lowest BCUT2D eigenvalue weighted by Crippen LogP contribution is -2.32. The number of hydrogen-bond donors (Lipinski definition) is 0. The minimum absolute atomic E-state index is 0.0503. The molecule has 7 heteroatoms. The Morgan fingerprint density at radius 2 is 2.12 bits per heavy atom. The van der Waals surface area contributed by atoms with Crippen LogP contribution in [0.15, 0.2) is 33.6 Å². The third kappa shape index (κ3) is 3.00. The molecule has 2 heterocycles. The van der Waals surface area contributed by atoms with Gasteiger partial charge in [-0.2, -0.15) is 0 Å². The van der Waals surface area contributed by atoms with Gasteiger partial charge in [0.25, 0.3) is 5.56 Å². The van der Waals surface area contributed by atoms with Gasteiger partial charge in [-0.15, -0.1) is 0 Å². The molecule has 4 rings (SSSR count). The number of fused-ring (bicyclic) bond motifs is 2. The third-order valence-electron chi connectivity index (χ3n) is 4.68. The van der Waals surface area contributed by atoms with Gasteiger partial charge in [-0.3, -0.25) is 13.5 Å². The highest BCUT2D eigenvalue weighted by Crippen LogP contribution is 2.25. The molecular weight excluding hydrogens is 338 g/mol. The molecular formula is C18H19N3O3S. The van der Waals surface area contributed by atoms with Crippen molar-refractivity contribution in [1.29, 1.82) is 0 Å². The maximum atomic E-state index is 12.6. The fraction of sp³-hybridized carbons (Fsp3) is 0.389. The lowest BCUT2D eigenvalue weighted by Gasteiger charge is -2.17. The minimum atomic E-state index is -0.110. The van der Waals surface area contributed by atoms with Crippen molar-refractivity contribution in [3.8, 4) is 0 Å². The Labute approximate surface area is 148 Å². The molecule has 25 heavy (non-hydrogen) atoms. The summed E-state index contributed by atoms with van der Waals surface area (Å²) < 4.78 is 7.82. The van der Waals surface area contributed by atoms with Gasteiger partial charge in [0.2, 0.25) is 5.91 Å². The lowest BCUT2D eigenvalue weighted by molar-refractivity contribution is -0.131. The van der Waals surface area contributed by atoms with E-state index in [0.717, 1.165) is 47.4 Å². The average Bonchev–Trinajstić information content (AvgIpc) is 3.17. The van der Waals surface area contributed by atoms with Crippen LogP contribution in [-0.4, -0.2) is 27.0 Å². The highest BCUT2D eigenvalue weighted by molar-refractivity contribution is 7.13. The molecule has 0 unspecified atom stereocenters. The van der Waals surface area contributed by atoms with Gasteiger partial charge in [-0.25, -0.2) is 0 Å². The molecule has 1 amide bonds. The van der Waals surface area contributed by atoms with Crippen LogP contribution in [0.1, 0.15) is 29.9 Å². The van der Waals surface area contributed by atoms with E-state index >= 15 is 0 Å². The third-order valence-corrected chi connectivity index (χ3v) is 5.74. The highest BCUT2D eigenvalue weighted by atomic mass is 32.1. The van der Waals surface area contributed by atoms with E-state index < -0.39 is 0 Å². The van der Waals surface area contributed by atoms with E-state index in [0.29, 0.717) is 11.9 Å². The molecule has 0 bridgehead atoms. The molecule has 0 saturated heterocycles. The number of rotatable bonds is 4. The molecule has 0 aliphatic heterocycles. The summed E-state index contributed by atoms with van der Waals surface area (Å²) in [6.45, 7) is 0.464. The summed E-state index contributed by atoms with van der Waals surface area (Å²) in [5.74, 6) is 0.851. The van der Waals surface area contributed by atoms with Crippen molar-refractivity contribution in [1.82, 2.24) is 14.0 Å². The van der Waals surface area contributed by atoms with Gasteiger partial charge in [0, 0.05) is 19.0 Å². The fourth-order valence-electron chi connectivity index (χ4n) is 3.25. The molecule has 3 aromatic rings. The smallest absolute Gasteiger partial charge is 0.268 e. The van der Waals surface area contributed by atoms with Crippen molar-refractivity contribution in [3.05, 3.63) is 51.6 Å². The average molecular weight is 357 g/mol. The summed E-state index contributed by atoms with van der Waals surface area (Å²) in [5.41, 5.74) is 1.89. The van der Waals surface area contributed by atoms with Gasteiger partial charge in [-0.05, 0) is 31.4 Å². The Hall–Kier alpha value is -2.41. The van der Waals surface area contributed by atoms with Crippen LogP contribution in [0.2, 0.25) is 0 Å². The van der Waals surface area contributed by atoms with Crippen LogP contribution in [0.3, 0.4) is 0 Å². The number of benzene rings is 1. The predicted molar refractivity (Wildman–Crippen MR) is 95.7 cm³/mol. The SMILES string of the molecule is CN(Cc1noc2c1CCCC2)C(=O)Cn1sc2ccccc2c1=O. The van der Waals surface area contributed by atoms with Crippen LogP contribution < -0.4 is 5.56 Å². The molecule has 6 nitrogen and oxygen atoms in total. The van der Waals surface area contributed by atoms with E-state index in [2.05, 4.69) is 5.16 Å². The van der Waals surface area contributed by atoms with E-state index in [-0.39, 0.29) is 18.0 Å². The van der Waals surface area contributed by atoms with Crippen LogP contribution in [0.25, 0.3) is 10.1 Å². The van der Waals surface area contributed by atoms with Gasteiger partial charge in [0.05, 0.1) is 16.6 Å². The molecule has 0 fully saturated rings. The number of nitrogens with zero attached hydrogens (tertiary/aromatic N) is 3. The van der Waals surface area contributed by atoms with E-state index in [9.17, 15) is 9.59 Å². The number of amides is 1. The maximum Gasteiger partial charge on any atom is 0.268 e. The topological polar surface area (TPSA) is 68.3 Å². The van der Waals surface area contributed by atoms with Crippen molar-refractivity contribution < 1.29 is 9.32 Å². The predicted octanol–water partition coefficient (Wildman–Crippen LogP) is 2.59. The highest BCUT2D eigenvalue weighted by Gasteiger charge is 2.22. The summed E-state index contributed by atoms with van der Waals surface area (Å²) in [7, 11) is 1.74. The van der Waals surface area contributed by atoms with E-state index in [4.69, 9.17) is 4.52 Å². The second-order valence-corrected chi connectivity index (χ2v) is 7.48. The Bertz CT molecular complexity index is 985. The number of carbonyl (C=O) groups excluding carboxylic acids is 1. The molecule has 0 radical (unpaired) electrons. The van der Waals surface area contributed by atoms with Crippen LogP contribution in [0.5, 0.6) is 0 Å². The number of carbonyl (C=O) groups is 1. The Morgan fingerprint density at radius 3 is 2.96 bits per heavy atom. The second kappa shape index (κ2) is 6.48. The van der Waals surface area contributed by atoms with E-state index in [1.54, 1.807) is 18.0 Å². The van der Waals surface area contributed by atoms with Gasteiger partial charge in [0.15, 0.2) is 0 Å². The molecule has 0 saturated carbocycles. The maximum absolute atomic E-state index is 12.6. The lowest BCUT2D eigenvalue weighted by atomic mass is 9.96. The molecule has 0 spiro atoms. The molecule has 0 atom stereocenters. The molecule has 130 valence electrons. The summed E-state index contributed by atoms with van der Waals surface area (Å²) in [6, 6.07) is 7.42. The number of aryl methyl sites for hydroxylation is 1. The van der Waals surface area contributed by atoms with Crippen molar-refractivity contribution in [2.45, 2.75) is 38.8 Å². The Kier molecular flexibility index (Phi) is 4.17. The van der Waals surface area contributed by atoms with Gasteiger partial charge >= 0.3 is 0 Å². The fourth-order valence-corrected chi connectivity index (χ4v) is 4.24. The first-order valence-corrected chi connectivity index (χ1v) is 9.20. The van der Waals surface area contributed by atoms with Crippen molar-refractivity contribution in [2.75, 3.05) is 7.05 Å². The minimum Gasteiger partial charge on any atom is -0.361 e. The molecule has 1 aromatic carbocycles. The van der Waals surface area contributed by atoms with Crippen LogP contribution in [-0.2, 0) is 30.7 Å². The summed E-state index contributed by atoms with van der Waals surface area (Å²) in [4.78, 5) is 26.5.